The van der Waals surface area contributed by atoms with E-state index >= 15 is 0 Å². The van der Waals surface area contributed by atoms with E-state index < -0.39 is 0 Å². The molecule has 1 aromatic heterocycles. The molecule has 24 heavy (non-hydrogen) atoms. The van der Waals surface area contributed by atoms with E-state index in [4.69, 9.17) is 27.4 Å². The number of ether oxygens (including phenoxy) is 2. The van der Waals surface area contributed by atoms with Gasteiger partial charge in [0.2, 0.25) is 5.95 Å². The van der Waals surface area contributed by atoms with Crippen molar-refractivity contribution in [2.24, 2.45) is 0 Å². The lowest BCUT2D eigenvalue weighted by atomic mass is 10.1. The molecule has 0 bridgehead atoms. The molecule has 0 fully saturated rings. The number of terminal acetylenes is 1. The SMILES string of the molecule is C#CC1Cc2c(Oc3ccccc3)cc3nc(N)nc(N)c3c2O1. The Morgan fingerprint density at radius 2 is 2.00 bits per heavy atom. The third-order valence-corrected chi connectivity index (χ3v) is 3.86. The molecule has 3 aromatic rings. The Morgan fingerprint density at radius 3 is 2.75 bits per heavy atom. The number of para-hydroxylation sites is 1. The van der Waals surface area contributed by atoms with E-state index in [0.717, 1.165) is 5.56 Å². The van der Waals surface area contributed by atoms with Crippen LogP contribution in [-0.2, 0) is 6.42 Å². The molecular formula is C18H14N4O2. The Balaban J connectivity index is 1.93. The third kappa shape index (κ3) is 2.23. The quantitative estimate of drug-likeness (QED) is 0.705. The van der Waals surface area contributed by atoms with Crippen LogP contribution in [0.4, 0.5) is 11.8 Å². The summed E-state index contributed by atoms with van der Waals surface area (Å²) in [6, 6.07) is 11.2. The number of rotatable bonds is 2. The molecule has 0 radical (unpaired) electrons. The number of nitrogens with two attached hydrogens (primary N) is 2. The van der Waals surface area contributed by atoms with E-state index in [1.165, 1.54) is 0 Å². The van der Waals surface area contributed by atoms with Crippen LogP contribution in [0.5, 0.6) is 17.2 Å². The lowest BCUT2D eigenvalue weighted by Crippen LogP contribution is -2.08. The Kier molecular flexibility index (Phi) is 3.14. The first-order valence-corrected chi connectivity index (χ1v) is 7.40. The normalized spacial score (nSPS) is 15.5. The number of anilines is 2. The van der Waals surface area contributed by atoms with Gasteiger partial charge in [-0.3, -0.25) is 0 Å². The van der Waals surface area contributed by atoms with Crippen LogP contribution in [0, 0.1) is 12.3 Å². The second-order valence-corrected chi connectivity index (χ2v) is 5.44. The summed E-state index contributed by atoms with van der Waals surface area (Å²) in [5, 5.41) is 0.609. The Bertz CT molecular complexity index is 980. The van der Waals surface area contributed by atoms with Crippen molar-refractivity contribution in [2.75, 3.05) is 11.5 Å². The van der Waals surface area contributed by atoms with Crippen LogP contribution in [-0.4, -0.2) is 16.1 Å². The van der Waals surface area contributed by atoms with Gasteiger partial charge >= 0.3 is 0 Å². The predicted molar refractivity (Wildman–Crippen MR) is 91.8 cm³/mol. The van der Waals surface area contributed by atoms with Crippen molar-refractivity contribution in [3.63, 3.8) is 0 Å². The van der Waals surface area contributed by atoms with Crippen molar-refractivity contribution in [3.05, 3.63) is 42.0 Å². The molecule has 4 N–H and O–H groups in total. The number of nitrogens with zero attached hydrogens (tertiary/aromatic N) is 2. The van der Waals surface area contributed by atoms with Gasteiger partial charge in [-0.05, 0) is 12.1 Å². The molecule has 2 aromatic carbocycles. The first-order chi connectivity index (χ1) is 11.7. The summed E-state index contributed by atoms with van der Waals surface area (Å²) in [5.74, 6) is 4.87. The van der Waals surface area contributed by atoms with Gasteiger partial charge in [0.1, 0.15) is 23.1 Å². The molecule has 0 saturated carbocycles. The van der Waals surface area contributed by atoms with E-state index in [-0.39, 0.29) is 17.9 Å². The number of nitrogen functional groups attached to an aromatic ring is 2. The minimum atomic E-state index is -0.374. The smallest absolute Gasteiger partial charge is 0.222 e. The highest BCUT2D eigenvalue weighted by atomic mass is 16.5. The summed E-state index contributed by atoms with van der Waals surface area (Å²) in [7, 11) is 0. The van der Waals surface area contributed by atoms with Crippen molar-refractivity contribution < 1.29 is 9.47 Å². The summed E-state index contributed by atoms with van der Waals surface area (Å²) in [6.45, 7) is 0. The second kappa shape index (κ2) is 5.32. The molecule has 0 amide bonds. The summed E-state index contributed by atoms with van der Waals surface area (Å²) < 4.78 is 11.9. The number of fused-ring (bicyclic) bond motifs is 3. The van der Waals surface area contributed by atoms with E-state index in [1.807, 2.05) is 30.3 Å². The maximum Gasteiger partial charge on any atom is 0.222 e. The zero-order valence-corrected chi connectivity index (χ0v) is 12.7. The molecule has 6 nitrogen and oxygen atoms in total. The number of benzene rings is 2. The molecule has 4 rings (SSSR count). The van der Waals surface area contributed by atoms with Gasteiger partial charge in [0.25, 0.3) is 0 Å². The fourth-order valence-corrected chi connectivity index (χ4v) is 2.82. The molecule has 1 unspecified atom stereocenters. The summed E-state index contributed by atoms with van der Waals surface area (Å²) in [6.07, 6.45) is 5.68. The third-order valence-electron chi connectivity index (χ3n) is 3.86. The van der Waals surface area contributed by atoms with E-state index in [1.54, 1.807) is 6.07 Å². The van der Waals surface area contributed by atoms with Crippen LogP contribution in [0.25, 0.3) is 10.9 Å². The van der Waals surface area contributed by atoms with Crippen molar-refractivity contribution >= 4 is 22.7 Å². The van der Waals surface area contributed by atoms with Gasteiger partial charge in [0.05, 0.1) is 10.9 Å². The molecule has 118 valence electrons. The minimum Gasteiger partial charge on any atom is -0.476 e. The maximum atomic E-state index is 6.02. The predicted octanol–water partition coefficient (Wildman–Crippen LogP) is 2.52. The van der Waals surface area contributed by atoms with Crippen LogP contribution in [0.3, 0.4) is 0 Å². The van der Waals surface area contributed by atoms with Crippen LogP contribution < -0.4 is 20.9 Å². The van der Waals surface area contributed by atoms with Gasteiger partial charge in [-0.1, -0.05) is 24.1 Å². The topological polar surface area (TPSA) is 96.3 Å². The largest absolute Gasteiger partial charge is 0.476 e. The molecule has 1 aliphatic rings. The highest BCUT2D eigenvalue weighted by molar-refractivity contribution is 5.97. The Hall–Kier alpha value is -3.46. The van der Waals surface area contributed by atoms with Crippen molar-refractivity contribution in [1.82, 2.24) is 9.97 Å². The van der Waals surface area contributed by atoms with Crippen LogP contribution in [0.2, 0.25) is 0 Å². The van der Waals surface area contributed by atoms with Crippen LogP contribution in [0.1, 0.15) is 5.56 Å². The highest BCUT2D eigenvalue weighted by Gasteiger charge is 2.29. The molecule has 1 aliphatic heterocycles. The lowest BCUT2D eigenvalue weighted by molar-refractivity contribution is 0.296. The zero-order valence-electron chi connectivity index (χ0n) is 12.7. The second-order valence-electron chi connectivity index (χ2n) is 5.44. The maximum absolute atomic E-state index is 6.02. The summed E-state index contributed by atoms with van der Waals surface area (Å²) >= 11 is 0. The summed E-state index contributed by atoms with van der Waals surface area (Å²) in [5.41, 5.74) is 13.1. The molecule has 0 saturated heterocycles. The molecular weight excluding hydrogens is 304 g/mol. The molecule has 6 heteroatoms. The van der Waals surface area contributed by atoms with E-state index in [9.17, 15) is 0 Å². The molecule has 0 spiro atoms. The van der Waals surface area contributed by atoms with Gasteiger partial charge in [-0.25, -0.2) is 4.98 Å². The number of hydrogen-bond donors (Lipinski definition) is 2. The lowest BCUT2D eigenvalue weighted by Gasteiger charge is -2.13. The van der Waals surface area contributed by atoms with Gasteiger partial charge in [-0.15, -0.1) is 6.42 Å². The average molecular weight is 318 g/mol. The van der Waals surface area contributed by atoms with Gasteiger partial charge in [0, 0.05) is 18.1 Å². The monoisotopic (exact) mass is 318 g/mol. The first-order valence-electron chi connectivity index (χ1n) is 7.40. The molecule has 1 atom stereocenters. The van der Waals surface area contributed by atoms with Crippen LogP contribution >= 0.6 is 0 Å². The zero-order chi connectivity index (χ0) is 16.7. The molecule has 0 aliphatic carbocycles. The fourth-order valence-electron chi connectivity index (χ4n) is 2.82. The van der Waals surface area contributed by atoms with E-state index in [0.29, 0.717) is 34.6 Å². The average Bonchev–Trinajstić information content (AvgIpc) is 2.99. The van der Waals surface area contributed by atoms with Crippen molar-refractivity contribution in [3.8, 4) is 29.6 Å². The van der Waals surface area contributed by atoms with Gasteiger partial charge in [0.15, 0.2) is 6.10 Å². The van der Waals surface area contributed by atoms with Crippen molar-refractivity contribution in [1.29, 1.82) is 0 Å². The number of aromatic nitrogens is 2. The van der Waals surface area contributed by atoms with Gasteiger partial charge < -0.3 is 20.9 Å². The van der Waals surface area contributed by atoms with Gasteiger partial charge in [-0.2, -0.15) is 4.98 Å². The summed E-state index contributed by atoms with van der Waals surface area (Å²) in [4.78, 5) is 8.26. The van der Waals surface area contributed by atoms with Crippen molar-refractivity contribution in [2.45, 2.75) is 12.5 Å². The van der Waals surface area contributed by atoms with E-state index in [2.05, 4.69) is 15.9 Å². The Labute approximate surface area is 138 Å². The standard InChI is InChI=1S/C18H14N4O2/c1-2-10-8-12-14(23-11-6-4-3-5-7-11)9-13-15(16(12)24-10)17(19)22-18(20)21-13/h1,3-7,9-10H,8H2,(H4,19,20,21,22). The molecule has 2 heterocycles. The Morgan fingerprint density at radius 1 is 1.21 bits per heavy atom. The van der Waals surface area contributed by atoms with Crippen LogP contribution in [0.15, 0.2) is 36.4 Å². The number of hydrogen-bond acceptors (Lipinski definition) is 6. The first kappa shape index (κ1) is 14.2. The highest BCUT2D eigenvalue weighted by Crippen LogP contribution is 2.45. The fraction of sp³-hybridized carbons (Fsp3) is 0.111. The minimum absolute atomic E-state index is 0.0945.